The number of benzene rings is 2. The highest BCUT2D eigenvalue weighted by Crippen LogP contribution is 2.13. The monoisotopic (exact) mass is 292 g/mol. The average molecular weight is 293 g/mol. The molecule has 0 aliphatic carbocycles. The Balaban J connectivity index is 1.76. The quantitative estimate of drug-likeness (QED) is 0.877. The molecule has 2 N–H and O–H groups in total. The summed E-state index contributed by atoms with van der Waals surface area (Å²) in [5, 5.41) is 6.37. The van der Waals surface area contributed by atoms with Crippen LogP contribution in [0.15, 0.2) is 48.5 Å². The van der Waals surface area contributed by atoms with E-state index in [0.29, 0.717) is 29.4 Å². The van der Waals surface area contributed by atoms with Crippen LogP contribution in [0.1, 0.15) is 6.42 Å². The van der Waals surface area contributed by atoms with Gasteiger partial charge >= 0.3 is 0 Å². The molecule has 0 radical (unpaired) electrons. The Morgan fingerprint density at radius 1 is 1.10 bits per heavy atom. The van der Waals surface area contributed by atoms with Crippen LogP contribution in [-0.2, 0) is 4.79 Å². The molecule has 2 aromatic rings. The third-order valence-electron chi connectivity index (χ3n) is 2.63. The number of anilines is 2. The number of hydrogen-bond donors (Lipinski definition) is 2. The van der Waals surface area contributed by atoms with Crippen molar-refractivity contribution in [3.05, 3.63) is 59.4 Å². The summed E-state index contributed by atoms with van der Waals surface area (Å²) in [7, 11) is 0. The summed E-state index contributed by atoms with van der Waals surface area (Å²) in [4.78, 5) is 11.7. The van der Waals surface area contributed by atoms with E-state index in [1.165, 1.54) is 12.1 Å². The van der Waals surface area contributed by atoms with Gasteiger partial charge in [0.25, 0.3) is 0 Å². The summed E-state index contributed by atoms with van der Waals surface area (Å²) < 4.78 is 12.9. The molecule has 0 bridgehead atoms. The second-order valence-corrected chi connectivity index (χ2v) is 4.68. The average Bonchev–Trinajstić information content (AvgIpc) is 2.41. The van der Waals surface area contributed by atoms with E-state index in [1.54, 1.807) is 36.4 Å². The molecule has 0 unspecified atom stereocenters. The van der Waals surface area contributed by atoms with Crippen LogP contribution in [0, 0.1) is 5.82 Å². The van der Waals surface area contributed by atoms with Gasteiger partial charge in [-0.05, 0) is 42.5 Å². The Bertz CT molecular complexity index is 587. The maximum atomic E-state index is 12.9. The van der Waals surface area contributed by atoms with E-state index >= 15 is 0 Å². The smallest absolute Gasteiger partial charge is 0.226 e. The lowest BCUT2D eigenvalue weighted by Crippen LogP contribution is -2.16. The van der Waals surface area contributed by atoms with Crippen molar-refractivity contribution in [3.63, 3.8) is 0 Å². The third-order valence-corrected chi connectivity index (χ3v) is 2.89. The Morgan fingerprint density at radius 3 is 2.55 bits per heavy atom. The number of carbonyl (C=O) groups excluding carboxylic acids is 1. The minimum absolute atomic E-state index is 0.115. The summed E-state index contributed by atoms with van der Waals surface area (Å²) in [6.45, 7) is 0.433. The molecule has 1 amide bonds. The van der Waals surface area contributed by atoms with Crippen LogP contribution in [0.2, 0.25) is 5.02 Å². The van der Waals surface area contributed by atoms with Gasteiger partial charge in [-0.1, -0.05) is 17.7 Å². The van der Waals surface area contributed by atoms with Crippen LogP contribution < -0.4 is 10.6 Å². The van der Waals surface area contributed by atoms with Crippen LogP contribution in [0.4, 0.5) is 15.8 Å². The first-order chi connectivity index (χ1) is 9.63. The van der Waals surface area contributed by atoms with E-state index < -0.39 is 0 Å². The van der Waals surface area contributed by atoms with Gasteiger partial charge in [-0.15, -0.1) is 0 Å². The van der Waals surface area contributed by atoms with Gasteiger partial charge in [0.2, 0.25) is 5.91 Å². The standard InChI is InChI=1S/C15H14ClFN2O/c16-11-4-6-13(7-5-11)19-15(20)8-9-18-14-3-1-2-12(17)10-14/h1-7,10,18H,8-9H2,(H,19,20). The number of amides is 1. The van der Waals surface area contributed by atoms with E-state index in [0.717, 1.165) is 0 Å². The van der Waals surface area contributed by atoms with Crippen molar-refractivity contribution in [1.82, 2.24) is 0 Å². The van der Waals surface area contributed by atoms with Gasteiger partial charge in [-0.2, -0.15) is 0 Å². The maximum Gasteiger partial charge on any atom is 0.226 e. The molecule has 20 heavy (non-hydrogen) atoms. The van der Waals surface area contributed by atoms with Gasteiger partial charge in [-0.3, -0.25) is 4.79 Å². The topological polar surface area (TPSA) is 41.1 Å². The van der Waals surface area contributed by atoms with Gasteiger partial charge < -0.3 is 10.6 Å². The van der Waals surface area contributed by atoms with Crippen molar-refractivity contribution in [1.29, 1.82) is 0 Å². The molecule has 0 aromatic heterocycles. The lowest BCUT2D eigenvalue weighted by molar-refractivity contribution is -0.115. The molecule has 0 heterocycles. The summed E-state index contributed by atoms with van der Waals surface area (Å²) in [6.07, 6.45) is 0.291. The van der Waals surface area contributed by atoms with Crippen molar-refractivity contribution >= 4 is 28.9 Å². The van der Waals surface area contributed by atoms with Crippen molar-refractivity contribution in [2.45, 2.75) is 6.42 Å². The SMILES string of the molecule is O=C(CCNc1cccc(F)c1)Nc1ccc(Cl)cc1. The van der Waals surface area contributed by atoms with E-state index in [-0.39, 0.29) is 11.7 Å². The van der Waals surface area contributed by atoms with Crippen LogP contribution in [0.5, 0.6) is 0 Å². The molecule has 104 valence electrons. The number of nitrogens with one attached hydrogen (secondary N) is 2. The Hall–Kier alpha value is -2.07. The molecule has 0 spiro atoms. The van der Waals surface area contributed by atoms with Gasteiger partial charge in [0, 0.05) is 29.4 Å². The predicted octanol–water partition coefficient (Wildman–Crippen LogP) is 3.92. The molecule has 5 heteroatoms. The van der Waals surface area contributed by atoms with Gasteiger partial charge in [0.05, 0.1) is 0 Å². The minimum Gasteiger partial charge on any atom is -0.384 e. The molecule has 0 atom stereocenters. The molecule has 0 saturated heterocycles. The highest BCUT2D eigenvalue weighted by atomic mass is 35.5. The molecule has 2 aromatic carbocycles. The van der Waals surface area contributed by atoms with Crippen molar-refractivity contribution in [2.75, 3.05) is 17.2 Å². The minimum atomic E-state index is -0.305. The maximum absolute atomic E-state index is 12.9. The molecule has 2 rings (SSSR count). The van der Waals surface area contributed by atoms with E-state index in [1.807, 2.05) is 0 Å². The van der Waals surface area contributed by atoms with E-state index in [9.17, 15) is 9.18 Å². The fraction of sp³-hybridized carbons (Fsp3) is 0.133. The summed E-state index contributed by atoms with van der Waals surface area (Å²) >= 11 is 5.76. The van der Waals surface area contributed by atoms with Crippen molar-refractivity contribution < 1.29 is 9.18 Å². The first-order valence-electron chi connectivity index (χ1n) is 6.18. The van der Waals surface area contributed by atoms with Crippen LogP contribution in [-0.4, -0.2) is 12.5 Å². The Kier molecular flexibility index (Phi) is 4.96. The summed E-state index contributed by atoms with van der Waals surface area (Å²) in [5.41, 5.74) is 1.36. The number of rotatable bonds is 5. The fourth-order valence-corrected chi connectivity index (χ4v) is 1.80. The normalized spacial score (nSPS) is 10.1. The zero-order valence-corrected chi connectivity index (χ0v) is 11.5. The van der Waals surface area contributed by atoms with Crippen LogP contribution in [0.3, 0.4) is 0 Å². The Labute approximate surface area is 121 Å². The zero-order valence-electron chi connectivity index (χ0n) is 10.7. The van der Waals surface area contributed by atoms with E-state index in [2.05, 4.69) is 10.6 Å². The summed E-state index contributed by atoms with van der Waals surface area (Å²) in [6, 6.07) is 13.0. The molecular weight excluding hydrogens is 279 g/mol. The zero-order chi connectivity index (χ0) is 14.4. The Morgan fingerprint density at radius 2 is 1.85 bits per heavy atom. The molecule has 0 fully saturated rings. The number of halogens is 2. The number of hydrogen-bond acceptors (Lipinski definition) is 2. The fourth-order valence-electron chi connectivity index (χ4n) is 1.68. The highest BCUT2D eigenvalue weighted by molar-refractivity contribution is 6.30. The number of carbonyl (C=O) groups is 1. The molecule has 3 nitrogen and oxygen atoms in total. The molecule has 0 saturated carbocycles. The van der Waals surface area contributed by atoms with Crippen molar-refractivity contribution in [3.8, 4) is 0 Å². The second kappa shape index (κ2) is 6.91. The van der Waals surface area contributed by atoms with Crippen molar-refractivity contribution in [2.24, 2.45) is 0 Å². The molecular formula is C15H14ClFN2O. The van der Waals surface area contributed by atoms with Crippen LogP contribution in [0.25, 0.3) is 0 Å². The van der Waals surface area contributed by atoms with Gasteiger partial charge in [0.15, 0.2) is 0 Å². The first kappa shape index (κ1) is 14.3. The molecule has 0 aliphatic heterocycles. The lowest BCUT2D eigenvalue weighted by Gasteiger charge is -2.07. The molecule has 0 aliphatic rings. The lowest BCUT2D eigenvalue weighted by atomic mass is 10.3. The van der Waals surface area contributed by atoms with Gasteiger partial charge in [0.1, 0.15) is 5.82 Å². The first-order valence-corrected chi connectivity index (χ1v) is 6.56. The third kappa shape index (κ3) is 4.55. The van der Waals surface area contributed by atoms with Gasteiger partial charge in [-0.25, -0.2) is 4.39 Å². The predicted molar refractivity (Wildman–Crippen MR) is 79.6 cm³/mol. The second-order valence-electron chi connectivity index (χ2n) is 4.24. The van der Waals surface area contributed by atoms with E-state index in [4.69, 9.17) is 11.6 Å². The summed E-state index contributed by atoms with van der Waals surface area (Å²) in [5.74, 6) is -0.420. The highest BCUT2D eigenvalue weighted by Gasteiger charge is 2.02. The largest absolute Gasteiger partial charge is 0.384 e. The van der Waals surface area contributed by atoms with Crippen LogP contribution >= 0.6 is 11.6 Å².